The SMILES string of the molecule is CC(=O)NCCCN(CC#N)CCC(=O)O. The maximum Gasteiger partial charge on any atom is 0.304 e. The molecule has 6 nitrogen and oxygen atoms in total. The van der Waals surface area contributed by atoms with Crippen LogP contribution in [0.4, 0.5) is 0 Å². The van der Waals surface area contributed by atoms with Crippen LogP contribution in [0.1, 0.15) is 19.8 Å². The summed E-state index contributed by atoms with van der Waals surface area (Å²) in [5, 5.41) is 19.7. The summed E-state index contributed by atoms with van der Waals surface area (Å²) in [7, 11) is 0. The summed E-state index contributed by atoms with van der Waals surface area (Å²) in [6.45, 7) is 3.18. The van der Waals surface area contributed by atoms with Crippen molar-refractivity contribution >= 4 is 11.9 Å². The van der Waals surface area contributed by atoms with E-state index < -0.39 is 5.97 Å². The van der Waals surface area contributed by atoms with Gasteiger partial charge in [-0.2, -0.15) is 5.26 Å². The number of carboxylic acids is 1. The Kier molecular flexibility index (Phi) is 7.81. The summed E-state index contributed by atoms with van der Waals surface area (Å²) in [4.78, 5) is 22.7. The molecule has 0 aliphatic carbocycles. The molecule has 0 heterocycles. The highest BCUT2D eigenvalue weighted by molar-refractivity contribution is 5.72. The number of aliphatic carboxylic acids is 1. The number of nitrogens with zero attached hydrogens (tertiary/aromatic N) is 2. The molecule has 90 valence electrons. The van der Waals surface area contributed by atoms with Crippen molar-refractivity contribution in [2.75, 3.05) is 26.2 Å². The molecule has 2 N–H and O–H groups in total. The molecule has 0 saturated carbocycles. The first-order valence-corrected chi connectivity index (χ1v) is 5.11. The van der Waals surface area contributed by atoms with E-state index in [1.165, 1.54) is 6.92 Å². The topological polar surface area (TPSA) is 93.4 Å². The average Bonchev–Trinajstić information content (AvgIpc) is 2.20. The molecule has 0 atom stereocenters. The molecule has 6 heteroatoms. The molecule has 0 aromatic heterocycles. The molecule has 0 aromatic carbocycles. The van der Waals surface area contributed by atoms with Crippen LogP contribution >= 0.6 is 0 Å². The van der Waals surface area contributed by atoms with E-state index in [4.69, 9.17) is 10.4 Å². The Hall–Kier alpha value is -1.61. The molecule has 0 aliphatic rings. The van der Waals surface area contributed by atoms with Crippen LogP contribution in [0.2, 0.25) is 0 Å². The fourth-order valence-corrected chi connectivity index (χ4v) is 1.19. The molecule has 0 aliphatic heterocycles. The fraction of sp³-hybridized carbons (Fsp3) is 0.700. The first kappa shape index (κ1) is 14.4. The largest absolute Gasteiger partial charge is 0.481 e. The zero-order valence-electron chi connectivity index (χ0n) is 9.40. The number of hydrogen-bond donors (Lipinski definition) is 2. The standard InChI is InChI=1S/C10H17N3O3/c1-9(14)12-5-2-6-13(8-4-11)7-3-10(15)16/h2-3,5-8H2,1H3,(H,12,14)(H,15,16). The lowest BCUT2D eigenvalue weighted by Gasteiger charge is -2.17. The predicted molar refractivity (Wildman–Crippen MR) is 57.6 cm³/mol. The summed E-state index contributed by atoms with van der Waals surface area (Å²) in [5.74, 6) is -0.956. The third-order valence-electron chi connectivity index (χ3n) is 1.96. The van der Waals surface area contributed by atoms with Crippen LogP contribution in [0.3, 0.4) is 0 Å². The Morgan fingerprint density at radius 2 is 2.12 bits per heavy atom. The first-order valence-electron chi connectivity index (χ1n) is 5.11. The van der Waals surface area contributed by atoms with Gasteiger partial charge in [0.25, 0.3) is 0 Å². The smallest absolute Gasteiger partial charge is 0.304 e. The Balaban J connectivity index is 3.72. The van der Waals surface area contributed by atoms with E-state index in [1.54, 1.807) is 4.90 Å². The van der Waals surface area contributed by atoms with Crippen molar-refractivity contribution in [3.05, 3.63) is 0 Å². The highest BCUT2D eigenvalue weighted by Crippen LogP contribution is 1.93. The van der Waals surface area contributed by atoms with Gasteiger partial charge in [0.1, 0.15) is 0 Å². The van der Waals surface area contributed by atoms with E-state index in [0.29, 0.717) is 26.1 Å². The van der Waals surface area contributed by atoms with Crippen LogP contribution in [0, 0.1) is 11.3 Å². The van der Waals surface area contributed by atoms with E-state index in [-0.39, 0.29) is 18.9 Å². The molecule has 0 saturated heterocycles. The monoisotopic (exact) mass is 227 g/mol. The summed E-state index contributed by atoms with van der Waals surface area (Å²) >= 11 is 0. The maximum atomic E-state index is 10.6. The van der Waals surface area contributed by atoms with Crippen LogP contribution in [0.5, 0.6) is 0 Å². The molecule has 0 spiro atoms. The minimum Gasteiger partial charge on any atom is -0.481 e. The minimum absolute atomic E-state index is 0.0296. The Morgan fingerprint density at radius 1 is 1.44 bits per heavy atom. The number of amides is 1. The number of rotatable bonds is 8. The number of carbonyl (C=O) groups is 2. The molecule has 0 unspecified atom stereocenters. The second kappa shape index (κ2) is 8.68. The number of carbonyl (C=O) groups excluding carboxylic acids is 1. The quantitative estimate of drug-likeness (QED) is 0.443. The number of nitrogens with one attached hydrogen (secondary N) is 1. The lowest BCUT2D eigenvalue weighted by Crippen LogP contribution is -2.31. The third-order valence-corrected chi connectivity index (χ3v) is 1.96. The van der Waals surface area contributed by atoms with Crippen molar-refractivity contribution in [2.45, 2.75) is 19.8 Å². The molecule has 0 radical (unpaired) electrons. The summed E-state index contributed by atoms with van der Waals surface area (Å²) < 4.78 is 0. The summed E-state index contributed by atoms with van der Waals surface area (Å²) in [6.07, 6.45) is 0.739. The van der Waals surface area contributed by atoms with Gasteiger partial charge in [-0.3, -0.25) is 14.5 Å². The van der Waals surface area contributed by atoms with Gasteiger partial charge in [0, 0.05) is 26.6 Å². The van der Waals surface area contributed by atoms with Crippen LogP contribution in [-0.4, -0.2) is 48.1 Å². The van der Waals surface area contributed by atoms with E-state index >= 15 is 0 Å². The lowest BCUT2D eigenvalue weighted by atomic mass is 10.3. The van der Waals surface area contributed by atoms with Crippen molar-refractivity contribution in [1.82, 2.24) is 10.2 Å². The molecular formula is C10H17N3O3. The Labute approximate surface area is 94.8 Å². The Bertz CT molecular complexity index is 273. The van der Waals surface area contributed by atoms with Crippen LogP contribution < -0.4 is 5.32 Å². The summed E-state index contributed by atoms with van der Waals surface area (Å²) in [6, 6.07) is 1.99. The van der Waals surface area contributed by atoms with E-state index in [2.05, 4.69) is 5.32 Å². The van der Waals surface area contributed by atoms with Crippen molar-refractivity contribution in [2.24, 2.45) is 0 Å². The lowest BCUT2D eigenvalue weighted by molar-refractivity contribution is -0.137. The summed E-state index contributed by atoms with van der Waals surface area (Å²) in [5.41, 5.74) is 0. The van der Waals surface area contributed by atoms with Gasteiger partial charge in [-0.05, 0) is 6.42 Å². The first-order chi connectivity index (χ1) is 7.56. The molecule has 0 bridgehead atoms. The van der Waals surface area contributed by atoms with Gasteiger partial charge in [-0.1, -0.05) is 0 Å². The predicted octanol–water partition coefficient (Wildman–Crippen LogP) is -0.187. The van der Waals surface area contributed by atoms with Crippen LogP contribution in [-0.2, 0) is 9.59 Å². The molecular weight excluding hydrogens is 210 g/mol. The van der Waals surface area contributed by atoms with Gasteiger partial charge in [-0.25, -0.2) is 0 Å². The molecule has 0 aromatic rings. The molecule has 1 amide bonds. The van der Waals surface area contributed by atoms with Gasteiger partial charge >= 0.3 is 5.97 Å². The minimum atomic E-state index is -0.871. The van der Waals surface area contributed by atoms with E-state index in [1.807, 2.05) is 6.07 Å². The maximum absolute atomic E-state index is 10.6. The second-order valence-corrected chi connectivity index (χ2v) is 3.41. The zero-order valence-corrected chi connectivity index (χ0v) is 9.40. The van der Waals surface area contributed by atoms with Crippen LogP contribution in [0.25, 0.3) is 0 Å². The number of nitriles is 1. The van der Waals surface area contributed by atoms with Crippen LogP contribution in [0.15, 0.2) is 0 Å². The number of carboxylic acid groups (broad SMARTS) is 1. The van der Waals surface area contributed by atoms with Gasteiger partial charge in [0.05, 0.1) is 19.0 Å². The van der Waals surface area contributed by atoms with Crippen molar-refractivity contribution < 1.29 is 14.7 Å². The van der Waals surface area contributed by atoms with Gasteiger partial charge in [0.2, 0.25) is 5.91 Å². The fourth-order valence-electron chi connectivity index (χ4n) is 1.19. The second-order valence-electron chi connectivity index (χ2n) is 3.41. The van der Waals surface area contributed by atoms with E-state index in [9.17, 15) is 9.59 Å². The Morgan fingerprint density at radius 3 is 2.62 bits per heavy atom. The van der Waals surface area contributed by atoms with Crippen molar-refractivity contribution in [1.29, 1.82) is 5.26 Å². The van der Waals surface area contributed by atoms with Crippen molar-refractivity contribution in [3.63, 3.8) is 0 Å². The zero-order chi connectivity index (χ0) is 12.4. The molecule has 16 heavy (non-hydrogen) atoms. The molecule has 0 rings (SSSR count). The van der Waals surface area contributed by atoms with Gasteiger partial charge < -0.3 is 10.4 Å². The third kappa shape index (κ3) is 8.97. The number of hydrogen-bond acceptors (Lipinski definition) is 4. The van der Waals surface area contributed by atoms with E-state index in [0.717, 1.165) is 0 Å². The van der Waals surface area contributed by atoms with Crippen molar-refractivity contribution in [3.8, 4) is 6.07 Å². The highest BCUT2D eigenvalue weighted by atomic mass is 16.4. The average molecular weight is 227 g/mol. The highest BCUT2D eigenvalue weighted by Gasteiger charge is 2.06. The molecule has 0 fully saturated rings. The van der Waals surface area contributed by atoms with Gasteiger partial charge in [0.15, 0.2) is 0 Å². The normalized spacial score (nSPS) is 9.81. The van der Waals surface area contributed by atoms with Gasteiger partial charge in [-0.15, -0.1) is 0 Å².